The highest BCUT2D eigenvalue weighted by Gasteiger charge is 2.18. The molecule has 3 aromatic rings. The maximum Gasteiger partial charge on any atom is 0.339 e. The van der Waals surface area contributed by atoms with E-state index in [9.17, 15) is 4.79 Å². The molecule has 0 saturated heterocycles. The van der Waals surface area contributed by atoms with Crippen LogP contribution in [0.1, 0.15) is 17.3 Å². The van der Waals surface area contributed by atoms with Crippen LogP contribution in [0.15, 0.2) is 30.0 Å². The molecule has 0 radical (unpaired) electrons. The molecule has 112 valence electrons. The minimum absolute atomic E-state index is 0.312. The molecule has 0 fully saturated rings. The van der Waals surface area contributed by atoms with Crippen molar-refractivity contribution in [2.24, 2.45) is 0 Å². The summed E-state index contributed by atoms with van der Waals surface area (Å²) in [5.41, 5.74) is 1.17. The third-order valence-electron chi connectivity index (χ3n) is 2.85. The number of hydrogen-bond acceptors (Lipinski definition) is 7. The van der Waals surface area contributed by atoms with E-state index in [1.54, 1.807) is 30.6 Å². The van der Waals surface area contributed by atoms with Crippen LogP contribution in [0.5, 0.6) is 0 Å². The van der Waals surface area contributed by atoms with Crippen molar-refractivity contribution in [2.75, 3.05) is 11.9 Å². The summed E-state index contributed by atoms with van der Waals surface area (Å²) in [7, 11) is 0. The number of nitrogens with zero attached hydrogens (tertiary/aromatic N) is 3. The summed E-state index contributed by atoms with van der Waals surface area (Å²) >= 11 is 7.24. The Morgan fingerprint density at radius 2 is 2.27 bits per heavy atom. The van der Waals surface area contributed by atoms with Gasteiger partial charge in [0.05, 0.1) is 17.6 Å². The van der Waals surface area contributed by atoms with E-state index < -0.39 is 0 Å². The van der Waals surface area contributed by atoms with Crippen LogP contribution in [0, 0.1) is 0 Å². The molecular weight excluding hydrogens is 324 g/mol. The van der Waals surface area contributed by atoms with Crippen molar-refractivity contribution in [3.63, 3.8) is 0 Å². The number of thiophene rings is 1. The van der Waals surface area contributed by atoms with Crippen molar-refractivity contribution in [3.8, 4) is 0 Å². The van der Waals surface area contributed by atoms with Gasteiger partial charge in [-0.2, -0.15) is 0 Å². The number of carbonyl (C=O) groups excluding carboxylic acids is 1. The number of ether oxygens (including phenoxy) is 1. The summed E-state index contributed by atoms with van der Waals surface area (Å²) in [6, 6.07) is 3.43. The topological polar surface area (TPSA) is 77.0 Å². The third-order valence-corrected chi connectivity index (χ3v) is 3.95. The lowest BCUT2D eigenvalue weighted by molar-refractivity contribution is 0.0529. The van der Waals surface area contributed by atoms with E-state index in [2.05, 4.69) is 20.3 Å². The van der Waals surface area contributed by atoms with Crippen LogP contribution < -0.4 is 5.32 Å². The van der Waals surface area contributed by atoms with Crippen LogP contribution in [0.4, 0.5) is 11.5 Å². The Labute approximate surface area is 135 Å². The fraction of sp³-hybridized carbons (Fsp3) is 0.143. The molecule has 0 bridgehead atoms. The van der Waals surface area contributed by atoms with E-state index in [0.29, 0.717) is 33.4 Å². The van der Waals surface area contributed by atoms with Crippen LogP contribution in [0.3, 0.4) is 0 Å². The Kier molecular flexibility index (Phi) is 4.17. The molecule has 0 amide bonds. The van der Waals surface area contributed by atoms with Gasteiger partial charge in [-0.1, -0.05) is 11.6 Å². The lowest BCUT2D eigenvalue weighted by Crippen LogP contribution is -2.05. The zero-order chi connectivity index (χ0) is 15.5. The molecule has 3 aromatic heterocycles. The number of fused-ring (bicyclic) bond motifs is 1. The molecule has 1 N–H and O–H groups in total. The molecular formula is C14H11ClN4O2S. The molecule has 0 unspecified atom stereocenters. The van der Waals surface area contributed by atoms with Crippen molar-refractivity contribution in [2.45, 2.75) is 6.92 Å². The van der Waals surface area contributed by atoms with Crippen molar-refractivity contribution in [1.29, 1.82) is 0 Å². The summed E-state index contributed by atoms with van der Waals surface area (Å²) in [5.74, 6) is 0.135. The van der Waals surface area contributed by atoms with Crippen molar-refractivity contribution in [3.05, 3.63) is 40.8 Å². The summed E-state index contributed by atoms with van der Waals surface area (Å²) in [6.07, 6.45) is 3.03. The van der Waals surface area contributed by atoms with Gasteiger partial charge in [-0.05, 0) is 19.1 Å². The number of pyridine rings is 1. The van der Waals surface area contributed by atoms with Gasteiger partial charge in [-0.25, -0.2) is 19.7 Å². The van der Waals surface area contributed by atoms with Crippen LogP contribution in [-0.2, 0) is 4.74 Å². The number of nitrogens with one attached hydrogen (secondary N) is 1. The number of halogens is 1. The largest absolute Gasteiger partial charge is 0.462 e. The Morgan fingerprint density at radius 1 is 1.41 bits per heavy atom. The summed E-state index contributed by atoms with van der Waals surface area (Å²) in [4.78, 5) is 25.1. The zero-order valence-corrected chi connectivity index (χ0v) is 13.1. The normalized spacial score (nSPS) is 10.6. The maximum absolute atomic E-state index is 12.0. The van der Waals surface area contributed by atoms with Crippen LogP contribution in [-0.4, -0.2) is 27.5 Å². The second kappa shape index (κ2) is 6.25. The predicted molar refractivity (Wildman–Crippen MR) is 85.9 cm³/mol. The number of anilines is 2. The molecule has 3 rings (SSSR count). The van der Waals surface area contributed by atoms with Crippen molar-refractivity contribution < 1.29 is 9.53 Å². The number of rotatable bonds is 4. The minimum Gasteiger partial charge on any atom is -0.462 e. The molecule has 0 aliphatic rings. The van der Waals surface area contributed by atoms with Gasteiger partial charge in [0.15, 0.2) is 0 Å². The smallest absolute Gasteiger partial charge is 0.339 e. The van der Waals surface area contributed by atoms with Crippen molar-refractivity contribution in [1.82, 2.24) is 15.0 Å². The van der Waals surface area contributed by atoms with E-state index >= 15 is 0 Å². The van der Waals surface area contributed by atoms with Gasteiger partial charge < -0.3 is 10.1 Å². The van der Waals surface area contributed by atoms with Gasteiger partial charge in [0, 0.05) is 17.3 Å². The van der Waals surface area contributed by atoms with E-state index in [1.165, 1.54) is 17.7 Å². The summed E-state index contributed by atoms with van der Waals surface area (Å²) in [6.45, 7) is 2.08. The van der Waals surface area contributed by atoms with E-state index in [1.807, 2.05) is 0 Å². The SMILES string of the molecule is CCOC(=O)c1csc2ncnc(Nc3ccnc(Cl)c3)c12. The van der Waals surface area contributed by atoms with Crippen molar-refractivity contribution >= 4 is 50.6 Å². The first-order chi connectivity index (χ1) is 10.7. The van der Waals surface area contributed by atoms with Gasteiger partial charge in [-0.15, -0.1) is 11.3 Å². The monoisotopic (exact) mass is 334 g/mol. The molecule has 22 heavy (non-hydrogen) atoms. The Morgan fingerprint density at radius 3 is 3.05 bits per heavy atom. The Bertz CT molecular complexity index is 837. The highest BCUT2D eigenvalue weighted by atomic mass is 35.5. The first-order valence-electron chi connectivity index (χ1n) is 6.47. The van der Waals surface area contributed by atoms with Crippen LogP contribution >= 0.6 is 22.9 Å². The molecule has 0 atom stereocenters. The standard InChI is InChI=1S/C14H11ClN4O2S/c1-2-21-14(20)9-6-22-13-11(9)12(17-7-18-13)19-8-3-4-16-10(15)5-8/h3-7H,2H2,1H3,(H,16,17,18,19). The predicted octanol–water partition coefficient (Wildman–Crippen LogP) is 3.66. The van der Waals surface area contributed by atoms with Crippen LogP contribution in [0.25, 0.3) is 10.2 Å². The average molecular weight is 335 g/mol. The summed E-state index contributed by atoms with van der Waals surface area (Å²) < 4.78 is 5.07. The molecule has 8 heteroatoms. The third kappa shape index (κ3) is 2.86. The molecule has 0 aromatic carbocycles. The van der Waals surface area contributed by atoms with Gasteiger partial charge in [0.1, 0.15) is 22.1 Å². The van der Waals surface area contributed by atoms with Gasteiger partial charge in [0.2, 0.25) is 0 Å². The number of hydrogen-bond donors (Lipinski definition) is 1. The first kappa shape index (κ1) is 14.7. The molecule has 0 aliphatic heterocycles. The Balaban J connectivity index is 2.05. The lowest BCUT2D eigenvalue weighted by Gasteiger charge is -2.08. The number of carbonyl (C=O) groups is 1. The zero-order valence-electron chi connectivity index (χ0n) is 11.5. The second-order valence-corrected chi connectivity index (χ2v) is 5.51. The second-order valence-electron chi connectivity index (χ2n) is 4.26. The number of esters is 1. The van der Waals surface area contributed by atoms with E-state index in [-0.39, 0.29) is 5.97 Å². The Hall–Kier alpha value is -2.25. The molecule has 6 nitrogen and oxygen atoms in total. The lowest BCUT2D eigenvalue weighted by atomic mass is 10.2. The van der Waals surface area contributed by atoms with Gasteiger partial charge in [-0.3, -0.25) is 0 Å². The maximum atomic E-state index is 12.0. The highest BCUT2D eigenvalue weighted by Crippen LogP contribution is 2.31. The van der Waals surface area contributed by atoms with E-state index in [4.69, 9.17) is 16.3 Å². The fourth-order valence-corrected chi connectivity index (χ4v) is 3.00. The number of aromatic nitrogens is 3. The molecule has 0 spiro atoms. The van der Waals surface area contributed by atoms with Gasteiger partial charge >= 0.3 is 5.97 Å². The quantitative estimate of drug-likeness (QED) is 0.579. The highest BCUT2D eigenvalue weighted by molar-refractivity contribution is 7.17. The molecule has 3 heterocycles. The fourth-order valence-electron chi connectivity index (χ4n) is 1.95. The van der Waals surface area contributed by atoms with Gasteiger partial charge in [0.25, 0.3) is 0 Å². The average Bonchev–Trinajstić information content (AvgIpc) is 2.93. The minimum atomic E-state index is -0.389. The molecule has 0 saturated carbocycles. The summed E-state index contributed by atoms with van der Waals surface area (Å²) in [5, 5.41) is 5.86. The molecule has 0 aliphatic carbocycles. The van der Waals surface area contributed by atoms with Crippen LogP contribution in [0.2, 0.25) is 5.15 Å². The van der Waals surface area contributed by atoms with E-state index in [0.717, 1.165) is 5.69 Å². The first-order valence-corrected chi connectivity index (χ1v) is 7.72.